The van der Waals surface area contributed by atoms with Crippen LogP contribution in [0.25, 0.3) is 0 Å². The molecular formula is C15H20ClO2. The second kappa shape index (κ2) is 8.98. The average molecular weight is 268 g/mol. The molecule has 0 amide bonds. The van der Waals surface area contributed by atoms with Crippen molar-refractivity contribution in [1.29, 1.82) is 0 Å². The van der Waals surface area contributed by atoms with Crippen molar-refractivity contribution in [3.8, 4) is 0 Å². The van der Waals surface area contributed by atoms with Gasteiger partial charge in [0.1, 0.15) is 0 Å². The number of ether oxygens (including phenoxy) is 1. The summed E-state index contributed by atoms with van der Waals surface area (Å²) in [7, 11) is 0. The molecule has 0 aliphatic carbocycles. The fourth-order valence-corrected chi connectivity index (χ4v) is 1.78. The number of halogens is 1. The number of rotatable bonds is 8. The van der Waals surface area contributed by atoms with E-state index in [0.717, 1.165) is 12.8 Å². The van der Waals surface area contributed by atoms with Crippen molar-refractivity contribution in [2.24, 2.45) is 0 Å². The van der Waals surface area contributed by atoms with Crippen molar-refractivity contribution in [1.82, 2.24) is 0 Å². The number of esters is 1. The van der Waals surface area contributed by atoms with Crippen molar-refractivity contribution in [2.45, 2.75) is 45.4 Å². The van der Waals surface area contributed by atoms with E-state index in [9.17, 15) is 4.79 Å². The number of carbonyl (C=O) groups excluding carboxylic acids is 1. The van der Waals surface area contributed by atoms with Gasteiger partial charge in [0.25, 0.3) is 0 Å². The number of unbranched alkanes of at least 4 members (excludes halogenated alkanes) is 5. The van der Waals surface area contributed by atoms with E-state index in [2.05, 4.69) is 13.0 Å². The number of benzene rings is 1. The Bertz CT molecular complexity index is 346. The predicted molar refractivity (Wildman–Crippen MR) is 73.9 cm³/mol. The molecule has 0 aliphatic heterocycles. The Morgan fingerprint density at radius 3 is 2.61 bits per heavy atom. The summed E-state index contributed by atoms with van der Waals surface area (Å²) >= 11 is 5.70. The standard InChI is InChI=1S/C15H20ClO2/c1-2-3-4-5-6-7-12-18-15(17)13-8-10-14(16)11-9-13/h8-10H,2-7,12H2,1H3. The van der Waals surface area contributed by atoms with Gasteiger partial charge < -0.3 is 4.74 Å². The molecule has 99 valence electrons. The second-order valence-corrected chi connectivity index (χ2v) is 4.74. The molecule has 18 heavy (non-hydrogen) atoms. The minimum atomic E-state index is -0.295. The zero-order chi connectivity index (χ0) is 13.2. The summed E-state index contributed by atoms with van der Waals surface area (Å²) in [5.74, 6) is -0.295. The van der Waals surface area contributed by atoms with Crippen LogP contribution in [0.4, 0.5) is 0 Å². The highest BCUT2D eigenvalue weighted by molar-refractivity contribution is 6.30. The molecule has 0 aliphatic rings. The van der Waals surface area contributed by atoms with Crippen molar-refractivity contribution >= 4 is 17.6 Å². The van der Waals surface area contributed by atoms with Crippen molar-refractivity contribution in [3.05, 3.63) is 34.9 Å². The summed E-state index contributed by atoms with van der Waals surface area (Å²) in [5, 5.41) is 0.502. The minimum Gasteiger partial charge on any atom is -0.462 e. The Labute approximate surface area is 114 Å². The third kappa shape index (κ3) is 6.06. The van der Waals surface area contributed by atoms with E-state index in [1.165, 1.54) is 25.7 Å². The molecule has 1 aromatic rings. The van der Waals surface area contributed by atoms with E-state index in [0.29, 0.717) is 17.2 Å². The van der Waals surface area contributed by atoms with Gasteiger partial charge in [-0.1, -0.05) is 50.6 Å². The Morgan fingerprint density at radius 1 is 1.22 bits per heavy atom. The summed E-state index contributed by atoms with van der Waals surface area (Å²) in [6.07, 6.45) is 7.10. The van der Waals surface area contributed by atoms with Crippen LogP contribution in [0.15, 0.2) is 18.2 Å². The van der Waals surface area contributed by atoms with Crippen LogP contribution in [-0.4, -0.2) is 12.6 Å². The van der Waals surface area contributed by atoms with Crippen molar-refractivity contribution < 1.29 is 9.53 Å². The fraction of sp³-hybridized carbons (Fsp3) is 0.533. The highest BCUT2D eigenvalue weighted by Gasteiger charge is 2.06. The molecule has 0 atom stereocenters. The van der Waals surface area contributed by atoms with Crippen LogP contribution in [0.5, 0.6) is 0 Å². The van der Waals surface area contributed by atoms with E-state index < -0.39 is 0 Å². The molecule has 0 fully saturated rings. The lowest BCUT2D eigenvalue weighted by Crippen LogP contribution is -2.06. The molecule has 0 saturated heterocycles. The zero-order valence-electron chi connectivity index (χ0n) is 10.9. The first-order chi connectivity index (χ1) is 8.74. The van der Waals surface area contributed by atoms with Crippen LogP contribution in [0.3, 0.4) is 0 Å². The Morgan fingerprint density at radius 2 is 1.94 bits per heavy atom. The molecule has 1 radical (unpaired) electrons. The molecule has 2 nitrogen and oxygen atoms in total. The molecule has 1 rings (SSSR count). The van der Waals surface area contributed by atoms with E-state index in [4.69, 9.17) is 16.3 Å². The summed E-state index contributed by atoms with van der Waals surface area (Å²) < 4.78 is 5.17. The van der Waals surface area contributed by atoms with Gasteiger partial charge in [-0.15, -0.1) is 0 Å². The van der Waals surface area contributed by atoms with Gasteiger partial charge in [-0.25, -0.2) is 4.79 Å². The normalized spacial score (nSPS) is 10.3. The Balaban J connectivity index is 2.12. The summed E-state index contributed by atoms with van der Waals surface area (Å²) in [6.45, 7) is 2.69. The maximum Gasteiger partial charge on any atom is 0.338 e. The van der Waals surface area contributed by atoms with Gasteiger partial charge in [0, 0.05) is 11.1 Å². The predicted octanol–water partition coefficient (Wildman–Crippen LogP) is 4.66. The molecule has 3 heteroatoms. The smallest absolute Gasteiger partial charge is 0.338 e. The maximum absolute atomic E-state index is 11.6. The van der Waals surface area contributed by atoms with Crippen molar-refractivity contribution in [3.63, 3.8) is 0 Å². The molecule has 1 aromatic carbocycles. The third-order valence-corrected chi connectivity index (χ3v) is 2.98. The van der Waals surface area contributed by atoms with Crippen LogP contribution < -0.4 is 0 Å². The van der Waals surface area contributed by atoms with Crippen LogP contribution in [-0.2, 0) is 4.74 Å². The summed E-state index contributed by atoms with van der Waals surface area (Å²) in [5.41, 5.74) is 0.505. The van der Waals surface area contributed by atoms with Gasteiger partial charge in [0.15, 0.2) is 0 Å². The highest BCUT2D eigenvalue weighted by atomic mass is 35.5. The lowest BCUT2D eigenvalue weighted by atomic mass is 10.1. The fourth-order valence-electron chi connectivity index (χ4n) is 1.66. The maximum atomic E-state index is 11.6. The lowest BCUT2D eigenvalue weighted by Gasteiger charge is -2.04. The number of hydrogen-bond donors (Lipinski definition) is 0. The van der Waals surface area contributed by atoms with Crippen LogP contribution in [0, 0.1) is 6.07 Å². The third-order valence-electron chi connectivity index (χ3n) is 2.74. The van der Waals surface area contributed by atoms with Crippen LogP contribution in [0.1, 0.15) is 55.8 Å². The van der Waals surface area contributed by atoms with Gasteiger partial charge in [-0.3, -0.25) is 0 Å². The highest BCUT2D eigenvalue weighted by Crippen LogP contribution is 2.10. The van der Waals surface area contributed by atoms with Gasteiger partial charge in [-0.2, -0.15) is 0 Å². The topological polar surface area (TPSA) is 26.3 Å². The molecule has 0 aromatic heterocycles. The van der Waals surface area contributed by atoms with Crippen LogP contribution >= 0.6 is 11.6 Å². The zero-order valence-corrected chi connectivity index (χ0v) is 11.6. The first-order valence-electron chi connectivity index (χ1n) is 6.58. The van der Waals surface area contributed by atoms with E-state index >= 15 is 0 Å². The second-order valence-electron chi connectivity index (χ2n) is 4.33. The molecule has 0 bridgehead atoms. The van der Waals surface area contributed by atoms with Gasteiger partial charge in [0.2, 0.25) is 0 Å². The van der Waals surface area contributed by atoms with Crippen LogP contribution in [0.2, 0.25) is 5.02 Å². The first kappa shape index (κ1) is 15.0. The Kier molecular flexibility index (Phi) is 7.51. The molecule has 0 heterocycles. The lowest BCUT2D eigenvalue weighted by molar-refractivity contribution is 0.0497. The monoisotopic (exact) mass is 267 g/mol. The quantitative estimate of drug-likeness (QED) is 0.506. The first-order valence-corrected chi connectivity index (χ1v) is 6.96. The van der Waals surface area contributed by atoms with Gasteiger partial charge >= 0.3 is 5.97 Å². The molecule has 0 spiro atoms. The molecule has 0 saturated carbocycles. The van der Waals surface area contributed by atoms with E-state index in [-0.39, 0.29) is 5.97 Å². The van der Waals surface area contributed by atoms with E-state index in [1.54, 1.807) is 18.2 Å². The number of hydrogen-bond acceptors (Lipinski definition) is 2. The number of carbonyl (C=O) groups is 1. The summed E-state index contributed by atoms with van der Waals surface area (Å²) in [6, 6.07) is 7.63. The van der Waals surface area contributed by atoms with E-state index in [1.807, 2.05) is 0 Å². The van der Waals surface area contributed by atoms with Gasteiger partial charge in [-0.05, 0) is 24.6 Å². The van der Waals surface area contributed by atoms with Gasteiger partial charge in [0.05, 0.1) is 12.2 Å². The SMILES string of the molecule is CCCCCCCCOC(=O)c1c[c]c(Cl)cc1. The molecular weight excluding hydrogens is 248 g/mol. The molecule has 0 unspecified atom stereocenters. The molecule has 0 N–H and O–H groups in total. The van der Waals surface area contributed by atoms with Crippen molar-refractivity contribution in [2.75, 3.05) is 6.61 Å². The largest absolute Gasteiger partial charge is 0.462 e. The average Bonchev–Trinajstić information content (AvgIpc) is 2.38. The summed E-state index contributed by atoms with van der Waals surface area (Å²) in [4.78, 5) is 11.6. The minimum absolute atomic E-state index is 0.295. The Hall–Kier alpha value is -1.02.